The standard InChI is InChI=1S/C26H42O7/c1-8-9-20(28)32-25(7)13-10-18(15(2)3)21-22(25)26(30)14-16(4)19(31-17(5)27)11-12-24(6,29)23(21)33-26/h15,18-19,21-23,29-30H,4,8-14H2,1-3,5-7H3. The SMILES string of the molecule is C=C1CC2(O)OC(C3C(C(C)C)CCC(C)(OC(=O)CCC)C32)C(C)(O)CCC1OC(C)=O. The minimum Gasteiger partial charge on any atom is -0.459 e. The van der Waals surface area contributed by atoms with Crippen molar-refractivity contribution < 1.29 is 34.0 Å². The maximum Gasteiger partial charge on any atom is 0.306 e. The first kappa shape index (κ1) is 26.2. The third-order valence-corrected chi connectivity index (χ3v) is 8.10. The average Bonchev–Trinajstić information content (AvgIpc) is 3.00. The van der Waals surface area contributed by atoms with Gasteiger partial charge in [0.1, 0.15) is 11.7 Å². The molecule has 8 atom stereocenters. The smallest absolute Gasteiger partial charge is 0.306 e. The molecule has 1 aliphatic carbocycles. The van der Waals surface area contributed by atoms with Crippen molar-refractivity contribution in [2.45, 2.75) is 116 Å². The van der Waals surface area contributed by atoms with E-state index in [1.165, 1.54) is 6.92 Å². The number of rotatable bonds is 5. The molecule has 7 nitrogen and oxygen atoms in total. The summed E-state index contributed by atoms with van der Waals surface area (Å²) in [4.78, 5) is 24.3. The number of fused-ring (bicyclic) bond motifs is 5. The molecule has 188 valence electrons. The van der Waals surface area contributed by atoms with E-state index in [-0.39, 0.29) is 24.2 Å². The quantitative estimate of drug-likeness (QED) is 0.468. The number of aliphatic hydroxyl groups is 2. The number of carbonyl (C=O) groups is 2. The van der Waals surface area contributed by atoms with Crippen molar-refractivity contribution >= 4 is 11.9 Å². The lowest BCUT2D eigenvalue weighted by Gasteiger charge is -2.51. The molecular formula is C26H42O7. The minimum absolute atomic E-state index is 0.0461. The zero-order valence-corrected chi connectivity index (χ0v) is 21.1. The Bertz CT molecular complexity index is 775. The van der Waals surface area contributed by atoms with Crippen LogP contribution in [0.15, 0.2) is 12.2 Å². The summed E-state index contributed by atoms with van der Waals surface area (Å²) in [6.07, 6.45) is 1.90. The lowest BCUT2D eigenvalue weighted by molar-refractivity contribution is -0.258. The van der Waals surface area contributed by atoms with Gasteiger partial charge in [-0.05, 0) is 63.4 Å². The van der Waals surface area contributed by atoms with Crippen LogP contribution in [-0.2, 0) is 23.8 Å². The van der Waals surface area contributed by atoms with Crippen LogP contribution in [0.3, 0.4) is 0 Å². The molecule has 0 aromatic carbocycles. The second kappa shape index (κ2) is 9.31. The summed E-state index contributed by atoms with van der Waals surface area (Å²) in [6, 6.07) is 0. The lowest BCUT2D eigenvalue weighted by Crippen LogP contribution is -2.58. The topological polar surface area (TPSA) is 102 Å². The zero-order valence-electron chi connectivity index (χ0n) is 21.1. The first-order valence-electron chi connectivity index (χ1n) is 12.4. The van der Waals surface area contributed by atoms with E-state index in [9.17, 15) is 19.8 Å². The Labute approximate surface area is 197 Å². The van der Waals surface area contributed by atoms with Crippen molar-refractivity contribution in [3.8, 4) is 0 Å². The van der Waals surface area contributed by atoms with E-state index in [4.69, 9.17) is 14.2 Å². The molecule has 2 bridgehead atoms. The first-order chi connectivity index (χ1) is 15.2. The van der Waals surface area contributed by atoms with Crippen molar-refractivity contribution in [3.63, 3.8) is 0 Å². The van der Waals surface area contributed by atoms with Crippen LogP contribution in [0.1, 0.15) is 86.5 Å². The van der Waals surface area contributed by atoms with Gasteiger partial charge in [-0.25, -0.2) is 0 Å². The summed E-state index contributed by atoms with van der Waals surface area (Å²) in [7, 11) is 0. The Kier molecular flexibility index (Phi) is 7.38. The van der Waals surface area contributed by atoms with Gasteiger partial charge in [-0.1, -0.05) is 27.4 Å². The monoisotopic (exact) mass is 466 g/mol. The molecule has 8 unspecified atom stereocenters. The van der Waals surface area contributed by atoms with E-state index in [0.717, 1.165) is 6.42 Å². The van der Waals surface area contributed by atoms with E-state index < -0.39 is 41.1 Å². The van der Waals surface area contributed by atoms with Crippen LogP contribution in [0.25, 0.3) is 0 Å². The summed E-state index contributed by atoms with van der Waals surface area (Å²) in [6.45, 7) is 15.3. The molecule has 0 amide bonds. The lowest BCUT2D eigenvalue weighted by atomic mass is 9.56. The van der Waals surface area contributed by atoms with Crippen molar-refractivity contribution in [2.24, 2.45) is 23.7 Å². The number of hydrogen-bond donors (Lipinski definition) is 2. The third kappa shape index (κ3) is 5.01. The summed E-state index contributed by atoms with van der Waals surface area (Å²) in [5, 5.41) is 23.7. The highest BCUT2D eigenvalue weighted by Crippen LogP contribution is 2.61. The minimum atomic E-state index is -1.70. The Morgan fingerprint density at radius 1 is 1.21 bits per heavy atom. The van der Waals surface area contributed by atoms with Gasteiger partial charge in [0, 0.05) is 25.7 Å². The Morgan fingerprint density at radius 2 is 1.88 bits per heavy atom. The predicted octanol–water partition coefficient (Wildman–Crippen LogP) is 3.90. The molecule has 0 radical (unpaired) electrons. The molecule has 33 heavy (non-hydrogen) atoms. The molecule has 0 spiro atoms. The van der Waals surface area contributed by atoms with E-state index in [2.05, 4.69) is 20.4 Å². The highest BCUT2D eigenvalue weighted by atomic mass is 16.7. The normalized spacial score (nSPS) is 43.3. The van der Waals surface area contributed by atoms with Crippen molar-refractivity contribution in [1.29, 1.82) is 0 Å². The second-order valence-electron chi connectivity index (χ2n) is 11.3. The van der Waals surface area contributed by atoms with Gasteiger partial charge in [0.15, 0.2) is 5.79 Å². The fourth-order valence-electron chi connectivity index (χ4n) is 6.66. The largest absolute Gasteiger partial charge is 0.459 e. The molecule has 3 aliphatic rings. The molecule has 2 saturated heterocycles. The van der Waals surface area contributed by atoms with Gasteiger partial charge < -0.3 is 24.4 Å². The molecule has 2 heterocycles. The van der Waals surface area contributed by atoms with Gasteiger partial charge in [-0.3, -0.25) is 9.59 Å². The van der Waals surface area contributed by atoms with Gasteiger partial charge in [-0.2, -0.15) is 0 Å². The maximum absolute atomic E-state index is 12.6. The number of carbonyl (C=O) groups excluding carboxylic acids is 2. The molecule has 1 saturated carbocycles. The van der Waals surface area contributed by atoms with Crippen LogP contribution in [0, 0.1) is 23.7 Å². The first-order valence-corrected chi connectivity index (χ1v) is 12.4. The second-order valence-corrected chi connectivity index (χ2v) is 11.3. The van der Waals surface area contributed by atoms with Gasteiger partial charge in [-0.15, -0.1) is 0 Å². The van der Waals surface area contributed by atoms with Crippen LogP contribution >= 0.6 is 0 Å². The molecular weight excluding hydrogens is 424 g/mol. The molecule has 0 aromatic rings. The predicted molar refractivity (Wildman–Crippen MR) is 123 cm³/mol. The van der Waals surface area contributed by atoms with E-state index in [0.29, 0.717) is 43.6 Å². The number of ether oxygens (including phenoxy) is 3. The van der Waals surface area contributed by atoms with Crippen molar-refractivity contribution in [1.82, 2.24) is 0 Å². The molecule has 2 N–H and O–H groups in total. The Balaban J connectivity index is 2.09. The zero-order chi connectivity index (χ0) is 24.8. The molecule has 2 aliphatic heterocycles. The Hall–Kier alpha value is -1.44. The van der Waals surface area contributed by atoms with Crippen molar-refractivity contribution in [2.75, 3.05) is 0 Å². The maximum atomic E-state index is 12.6. The van der Waals surface area contributed by atoms with Gasteiger partial charge in [0.05, 0.1) is 17.6 Å². The van der Waals surface area contributed by atoms with E-state index >= 15 is 0 Å². The molecule has 3 rings (SSSR count). The van der Waals surface area contributed by atoms with Gasteiger partial charge in [0.2, 0.25) is 0 Å². The number of hydrogen-bond acceptors (Lipinski definition) is 7. The highest BCUT2D eigenvalue weighted by Gasteiger charge is 2.69. The van der Waals surface area contributed by atoms with E-state index in [1.807, 2.05) is 13.8 Å². The number of esters is 2. The summed E-state index contributed by atoms with van der Waals surface area (Å²) in [5.74, 6) is -2.68. The summed E-state index contributed by atoms with van der Waals surface area (Å²) in [5.41, 5.74) is -1.67. The van der Waals surface area contributed by atoms with Crippen LogP contribution in [0.5, 0.6) is 0 Å². The van der Waals surface area contributed by atoms with Crippen LogP contribution in [0.4, 0.5) is 0 Å². The fourth-order valence-corrected chi connectivity index (χ4v) is 6.66. The van der Waals surface area contributed by atoms with Crippen LogP contribution in [0.2, 0.25) is 0 Å². The molecule has 3 fully saturated rings. The fraction of sp³-hybridized carbons (Fsp3) is 0.846. The third-order valence-electron chi connectivity index (χ3n) is 8.10. The van der Waals surface area contributed by atoms with Crippen LogP contribution in [-0.4, -0.2) is 51.3 Å². The van der Waals surface area contributed by atoms with Gasteiger partial charge >= 0.3 is 11.9 Å². The van der Waals surface area contributed by atoms with Gasteiger partial charge in [0.25, 0.3) is 0 Å². The summed E-state index contributed by atoms with van der Waals surface area (Å²) < 4.78 is 17.9. The Morgan fingerprint density at radius 3 is 2.45 bits per heavy atom. The van der Waals surface area contributed by atoms with Crippen molar-refractivity contribution in [3.05, 3.63) is 12.2 Å². The van der Waals surface area contributed by atoms with E-state index in [1.54, 1.807) is 6.92 Å². The average molecular weight is 467 g/mol. The molecule has 0 aromatic heterocycles. The highest BCUT2D eigenvalue weighted by molar-refractivity contribution is 5.70. The summed E-state index contributed by atoms with van der Waals surface area (Å²) >= 11 is 0. The molecule has 7 heteroatoms. The van der Waals surface area contributed by atoms with Crippen LogP contribution < -0.4 is 0 Å².